The van der Waals surface area contributed by atoms with Gasteiger partial charge in [0.1, 0.15) is 17.3 Å². The molecule has 24 heavy (non-hydrogen) atoms. The summed E-state index contributed by atoms with van der Waals surface area (Å²) in [4.78, 5) is 21.6. The molecule has 0 aliphatic heterocycles. The Morgan fingerprint density at radius 2 is 1.71 bits per heavy atom. The van der Waals surface area contributed by atoms with Crippen molar-refractivity contribution in [2.75, 3.05) is 5.32 Å². The number of halogens is 2. The summed E-state index contributed by atoms with van der Waals surface area (Å²) in [5.41, 5.74) is 1.58. The first-order valence-electron chi connectivity index (χ1n) is 7.09. The number of thiazole rings is 1. The second-order valence-electron chi connectivity index (χ2n) is 5.27. The zero-order valence-electron chi connectivity index (χ0n) is 12.9. The number of rotatable bonds is 3. The highest BCUT2D eigenvalue weighted by Gasteiger charge is 2.13. The maximum Gasteiger partial charge on any atom is 0.276 e. The minimum atomic E-state index is -0.677. The molecule has 0 aliphatic carbocycles. The third-order valence-electron chi connectivity index (χ3n) is 3.22. The number of nitrogens with zero attached hydrogens (tertiary/aromatic N) is 2. The molecule has 0 saturated heterocycles. The van der Waals surface area contributed by atoms with Gasteiger partial charge in [0, 0.05) is 22.8 Å². The van der Waals surface area contributed by atoms with E-state index in [1.807, 2.05) is 6.92 Å². The van der Waals surface area contributed by atoms with Crippen molar-refractivity contribution in [1.29, 1.82) is 0 Å². The van der Waals surface area contributed by atoms with Crippen LogP contribution in [0.4, 0.5) is 13.9 Å². The number of aryl methyl sites for hydroxylation is 2. The van der Waals surface area contributed by atoms with Crippen LogP contribution in [-0.2, 0) is 0 Å². The Morgan fingerprint density at radius 1 is 1.04 bits per heavy atom. The molecule has 1 amide bonds. The maximum atomic E-state index is 13.4. The summed E-state index contributed by atoms with van der Waals surface area (Å²) in [6, 6.07) is 6.39. The van der Waals surface area contributed by atoms with Crippen molar-refractivity contribution >= 4 is 22.4 Å². The zero-order valence-corrected chi connectivity index (χ0v) is 13.7. The molecule has 1 aromatic carbocycles. The molecular formula is C17H13F2N3OS. The molecule has 0 aliphatic rings. The fourth-order valence-electron chi connectivity index (χ4n) is 2.25. The maximum absolute atomic E-state index is 13.4. The number of carbonyl (C=O) groups excluding carboxylic acids is 1. The number of hydrogen-bond donors (Lipinski definition) is 1. The van der Waals surface area contributed by atoms with Gasteiger partial charge in [-0.3, -0.25) is 10.1 Å². The Bertz CT molecular complexity index is 904. The van der Waals surface area contributed by atoms with Gasteiger partial charge in [-0.05, 0) is 49.2 Å². The average molecular weight is 345 g/mol. The fraction of sp³-hybridized carbons (Fsp3) is 0.118. The van der Waals surface area contributed by atoms with Gasteiger partial charge in [0.2, 0.25) is 0 Å². The first-order valence-corrected chi connectivity index (χ1v) is 7.91. The Kier molecular flexibility index (Phi) is 4.35. The van der Waals surface area contributed by atoms with E-state index in [2.05, 4.69) is 15.3 Å². The van der Waals surface area contributed by atoms with Crippen molar-refractivity contribution in [3.05, 3.63) is 64.4 Å². The van der Waals surface area contributed by atoms with Gasteiger partial charge in [0.05, 0.1) is 0 Å². The monoisotopic (exact) mass is 345 g/mol. The van der Waals surface area contributed by atoms with Gasteiger partial charge in [-0.2, -0.15) is 0 Å². The molecule has 0 spiro atoms. The van der Waals surface area contributed by atoms with Crippen LogP contribution < -0.4 is 5.32 Å². The first kappa shape index (κ1) is 16.2. The average Bonchev–Trinajstić information content (AvgIpc) is 2.90. The summed E-state index contributed by atoms with van der Waals surface area (Å²) in [5, 5.41) is 3.14. The summed E-state index contributed by atoms with van der Waals surface area (Å²) < 4.78 is 26.8. The summed E-state index contributed by atoms with van der Waals surface area (Å²) in [6.45, 7) is 3.60. The van der Waals surface area contributed by atoms with Crippen LogP contribution in [-0.4, -0.2) is 15.9 Å². The molecule has 1 N–H and O–H groups in total. The first-order chi connectivity index (χ1) is 11.4. The topological polar surface area (TPSA) is 54.9 Å². The van der Waals surface area contributed by atoms with Crippen LogP contribution in [0.3, 0.4) is 0 Å². The second-order valence-corrected chi connectivity index (χ2v) is 6.51. The van der Waals surface area contributed by atoms with Crippen LogP contribution in [0.2, 0.25) is 0 Å². The predicted molar refractivity (Wildman–Crippen MR) is 89.1 cm³/mol. The number of hydrogen-bond acceptors (Lipinski definition) is 4. The minimum Gasteiger partial charge on any atom is -0.296 e. The van der Waals surface area contributed by atoms with Crippen LogP contribution in [0.15, 0.2) is 36.5 Å². The molecule has 0 unspecified atom stereocenters. The zero-order chi connectivity index (χ0) is 17.3. The van der Waals surface area contributed by atoms with Gasteiger partial charge >= 0.3 is 0 Å². The summed E-state index contributed by atoms with van der Waals surface area (Å²) in [5.74, 6) is -1.78. The normalized spacial score (nSPS) is 10.7. The third kappa shape index (κ3) is 3.62. The lowest BCUT2D eigenvalue weighted by Gasteiger charge is -2.07. The quantitative estimate of drug-likeness (QED) is 0.768. The highest BCUT2D eigenvalue weighted by atomic mass is 32.1. The standard InChI is InChI=1S/C17H13F2N3OS/c1-9-3-11(12-4-13(18)7-14(19)5-12)6-15(21-9)16(23)22-17-20-8-10(2)24-17/h3-8H,1-2H3,(H,20,22,23). The molecule has 3 aromatic rings. The van der Waals surface area contributed by atoms with Gasteiger partial charge in [0.15, 0.2) is 5.13 Å². The number of carbonyl (C=O) groups is 1. The van der Waals surface area contributed by atoms with Crippen LogP contribution in [0.1, 0.15) is 21.1 Å². The predicted octanol–water partition coefficient (Wildman–Crippen LogP) is 4.35. The van der Waals surface area contributed by atoms with Crippen LogP contribution >= 0.6 is 11.3 Å². The molecule has 0 bridgehead atoms. The van der Waals surface area contributed by atoms with Crippen molar-refractivity contribution in [3.8, 4) is 11.1 Å². The number of nitrogens with one attached hydrogen (secondary N) is 1. The lowest BCUT2D eigenvalue weighted by atomic mass is 10.0. The summed E-state index contributed by atoms with van der Waals surface area (Å²) >= 11 is 1.35. The van der Waals surface area contributed by atoms with E-state index in [0.717, 1.165) is 10.9 Å². The molecule has 4 nitrogen and oxygen atoms in total. The molecule has 2 heterocycles. The van der Waals surface area contributed by atoms with E-state index in [4.69, 9.17) is 0 Å². The van der Waals surface area contributed by atoms with Gasteiger partial charge in [-0.25, -0.2) is 18.7 Å². The van der Waals surface area contributed by atoms with E-state index >= 15 is 0 Å². The van der Waals surface area contributed by atoms with Crippen molar-refractivity contribution < 1.29 is 13.6 Å². The van der Waals surface area contributed by atoms with Gasteiger partial charge in [0.25, 0.3) is 5.91 Å². The Hall–Kier alpha value is -2.67. The molecular weight excluding hydrogens is 332 g/mol. The van der Waals surface area contributed by atoms with E-state index in [-0.39, 0.29) is 5.69 Å². The SMILES string of the molecule is Cc1cc(-c2cc(F)cc(F)c2)cc(C(=O)Nc2ncc(C)s2)n1. The molecule has 0 fully saturated rings. The Morgan fingerprint density at radius 3 is 2.33 bits per heavy atom. The summed E-state index contributed by atoms with van der Waals surface area (Å²) in [6.07, 6.45) is 1.66. The number of benzene rings is 1. The molecule has 2 aromatic heterocycles. The van der Waals surface area contributed by atoms with Crippen LogP contribution in [0.25, 0.3) is 11.1 Å². The van der Waals surface area contributed by atoms with E-state index < -0.39 is 17.5 Å². The molecule has 0 atom stereocenters. The number of aromatic nitrogens is 2. The highest BCUT2D eigenvalue weighted by molar-refractivity contribution is 7.15. The summed E-state index contributed by atoms with van der Waals surface area (Å²) in [7, 11) is 0. The number of anilines is 1. The van der Waals surface area contributed by atoms with Crippen molar-refractivity contribution in [1.82, 2.24) is 9.97 Å². The second kappa shape index (κ2) is 6.45. The highest BCUT2D eigenvalue weighted by Crippen LogP contribution is 2.24. The van der Waals surface area contributed by atoms with E-state index in [1.54, 1.807) is 19.2 Å². The third-order valence-corrected chi connectivity index (χ3v) is 4.05. The molecule has 0 saturated carbocycles. The van der Waals surface area contributed by atoms with Gasteiger partial charge in [-0.1, -0.05) is 0 Å². The van der Waals surface area contributed by atoms with Crippen LogP contribution in [0, 0.1) is 25.5 Å². The van der Waals surface area contributed by atoms with Crippen molar-refractivity contribution in [3.63, 3.8) is 0 Å². The number of amides is 1. The molecule has 3 rings (SSSR count). The fourth-order valence-corrected chi connectivity index (χ4v) is 2.91. The minimum absolute atomic E-state index is 0.155. The lowest BCUT2D eigenvalue weighted by Crippen LogP contribution is -2.14. The van der Waals surface area contributed by atoms with Crippen molar-refractivity contribution in [2.45, 2.75) is 13.8 Å². The van der Waals surface area contributed by atoms with E-state index in [0.29, 0.717) is 22.0 Å². The smallest absolute Gasteiger partial charge is 0.276 e. The van der Waals surface area contributed by atoms with Gasteiger partial charge < -0.3 is 0 Å². The number of pyridine rings is 1. The van der Waals surface area contributed by atoms with Crippen molar-refractivity contribution in [2.24, 2.45) is 0 Å². The van der Waals surface area contributed by atoms with E-state index in [9.17, 15) is 13.6 Å². The Labute approximate surface area is 141 Å². The molecule has 122 valence electrons. The lowest BCUT2D eigenvalue weighted by molar-refractivity contribution is 0.102. The van der Waals surface area contributed by atoms with Gasteiger partial charge in [-0.15, -0.1) is 11.3 Å². The largest absolute Gasteiger partial charge is 0.296 e. The molecule has 0 radical (unpaired) electrons. The molecule has 7 heteroatoms. The Balaban J connectivity index is 1.95. The van der Waals surface area contributed by atoms with E-state index in [1.165, 1.54) is 29.5 Å². The van der Waals surface area contributed by atoms with Crippen LogP contribution in [0.5, 0.6) is 0 Å².